The van der Waals surface area contributed by atoms with Crippen LogP contribution in [0.25, 0.3) is 22.3 Å². The molecule has 0 unspecified atom stereocenters. The molecule has 132 valence electrons. The van der Waals surface area contributed by atoms with E-state index in [9.17, 15) is 4.79 Å². The fourth-order valence-electron chi connectivity index (χ4n) is 3.14. The van der Waals surface area contributed by atoms with E-state index in [-0.39, 0.29) is 12.0 Å². The number of H-pyrrole nitrogens is 1. The van der Waals surface area contributed by atoms with E-state index in [0.29, 0.717) is 36.1 Å². The van der Waals surface area contributed by atoms with Crippen LogP contribution in [-0.2, 0) is 4.79 Å². The summed E-state index contributed by atoms with van der Waals surface area (Å²) in [4.78, 5) is 22.7. The molecule has 0 radical (unpaired) electrons. The summed E-state index contributed by atoms with van der Waals surface area (Å²) in [7, 11) is 0. The lowest BCUT2D eigenvalue weighted by Gasteiger charge is -2.18. The largest absolute Gasteiger partial charge is 0.472 e. The maximum absolute atomic E-state index is 12.1. The van der Waals surface area contributed by atoms with Crippen LogP contribution < -0.4 is 4.74 Å². The molecule has 2 aromatic heterocycles. The van der Waals surface area contributed by atoms with E-state index in [1.54, 1.807) is 11.8 Å². The minimum atomic E-state index is -0.0980. The lowest BCUT2D eigenvalue weighted by Crippen LogP contribution is -2.31. The number of aromatic amines is 1. The van der Waals surface area contributed by atoms with Crippen LogP contribution in [0, 0.1) is 0 Å². The van der Waals surface area contributed by atoms with Gasteiger partial charge in [0.25, 0.3) is 0 Å². The number of pyridine rings is 1. The highest BCUT2D eigenvalue weighted by atomic mass is 16.5. The van der Waals surface area contributed by atoms with Crippen LogP contribution in [0.5, 0.6) is 5.88 Å². The maximum Gasteiger partial charge on any atom is 0.249 e. The fourth-order valence-corrected chi connectivity index (χ4v) is 3.14. The number of ether oxygens (including phenoxy) is 1. The van der Waals surface area contributed by atoms with Gasteiger partial charge in [-0.3, -0.25) is 9.89 Å². The second-order valence-corrected chi connectivity index (χ2v) is 6.43. The lowest BCUT2D eigenvalue weighted by atomic mass is 10.1. The van der Waals surface area contributed by atoms with Gasteiger partial charge >= 0.3 is 0 Å². The van der Waals surface area contributed by atoms with Gasteiger partial charge in [0, 0.05) is 23.9 Å². The van der Waals surface area contributed by atoms with Gasteiger partial charge in [0.05, 0.1) is 6.54 Å². The van der Waals surface area contributed by atoms with Crippen molar-refractivity contribution in [2.45, 2.75) is 19.4 Å². The highest BCUT2D eigenvalue weighted by Crippen LogP contribution is 2.29. The van der Waals surface area contributed by atoms with Crippen LogP contribution >= 0.6 is 0 Å². The molecule has 0 bridgehead atoms. The zero-order valence-electron chi connectivity index (χ0n) is 14.5. The average molecular weight is 349 g/mol. The molecular formula is C19H19N5O2. The van der Waals surface area contributed by atoms with Crippen LogP contribution in [0.1, 0.15) is 13.3 Å². The van der Waals surface area contributed by atoms with Crippen LogP contribution in [0.15, 0.2) is 48.8 Å². The molecule has 1 saturated heterocycles. The summed E-state index contributed by atoms with van der Waals surface area (Å²) in [6.45, 7) is 6.66. The number of carbonyl (C=O) groups excluding carboxylic acids is 1. The topological polar surface area (TPSA) is 84.0 Å². The van der Waals surface area contributed by atoms with Gasteiger partial charge in [0.15, 0.2) is 5.82 Å². The van der Waals surface area contributed by atoms with E-state index in [0.717, 1.165) is 17.2 Å². The van der Waals surface area contributed by atoms with Crippen molar-refractivity contribution >= 4 is 16.7 Å². The molecule has 4 rings (SSSR count). The molecule has 3 aromatic rings. The molecule has 1 aliphatic rings. The number of aromatic nitrogens is 4. The Morgan fingerprint density at radius 2 is 2.23 bits per heavy atom. The molecule has 0 saturated carbocycles. The summed E-state index contributed by atoms with van der Waals surface area (Å²) in [5, 5.41) is 8.66. The highest BCUT2D eigenvalue weighted by Gasteiger charge is 2.28. The fraction of sp³-hybridized carbons (Fsp3) is 0.263. The first kappa shape index (κ1) is 16.3. The summed E-state index contributed by atoms with van der Waals surface area (Å²) < 4.78 is 6.19. The molecule has 1 aromatic carbocycles. The van der Waals surface area contributed by atoms with Gasteiger partial charge in [0.2, 0.25) is 11.8 Å². The number of amides is 1. The number of hydrogen-bond acceptors (Lipinski definition) is 5. The lowest BCUT2D eigenvalue weighted by molar-refractivity contribution is -0.126. The van der Waals surface area contributed by atoms with Crippen molar-refractivity contribution in [1.29, 1.82) is 0 Å². The molecule has 7 nitrogen and oxygen atoms in total. The Morgan fingerprint density at radius 1 is 1.38 bits per heavy atom. The van der Waals surface area contributed by atoms with Crippen LogP contribution in [0.2, 0.25) is 0 Å². The van der Waals surface area contributed by atoms with Gasteiger partial charge in [-0.15, -0.1) is 0 Å². The molecule has 1 atom stereocenters. The Balaban J connectivity index is 1.64. The van der Waals surface area contributed by atoms with Gasteiger partial charge in [-0.1, -0.05) is 24.8 Å². The quantitative estimate of drug-likeness (QED) is 0.732. The normalized spacial score (nSPS) is 16.8. The van der Waals surface area contributed by atoms with Gasteiger partial charge in [-0.25, -0.2) is 9.97 Å². The summed E-state index contributed by atoms with van der Waals surface area (Å²) in [6, 6.07) is 9.87. The number of fused-ring (bicyclic) bond motifs is 1. The standard InChI is InChI=1S/C19H19N5O2/c1-12(2)19(25)24-8-7-14(10-24)26-18-15-6-4-3-5-13(15)9-16(22-18)17-20-11-21-23-17/h3-6,9,11,14H,1,7-8,10H2,2H3,(H,20,21,23)/t14-/m1/s1. The number of carbonyl (C=O) groups is 1. The number of rotatable bonds is 4. The smallest absolute Gasteiger partial charge is 0.249 e. The number of nitrogens with zero attached hydrogens (tertiary/aromatic N) is 4. The van der Waals surface area contributed by atoms with Crippen LogP contribution in [0.3, 0.4) is 0 Å². The number of benzene rings is 1. The Labute approximate surface area is 150 Å². The van der Waals surface area contributed by atoms with E-state index < -0.39 is 0 Å². The van der Waals surface area contributed by atoms with E-state index >= 15 is 0 Å². The van der Waals surface area contributed by atoms with Crippen molar-refractivity contribution in [3.63, 3.8) is 0 Å². The van der Waals surface area contributed by atoms with E-state index in [1.807, 2.05) is 30.3 Å². The monoisotopic (exact) mass is 349 g/mol. The molecule has 1 N–H and O–H groups in total. The average Bonchev–Trinajstić information content (AvgIpc) is 3.33. The van der Waals surface area contributed by atoms with Crippen molar-refractivity contribution in [2.75, 3.05) is 13.1 Å². The maximum atomic E-state index is 12.1. The number of nitrogens with one attached hydrogen (secondary N) is 1. The van der Waals surface area contributed by atoms with Crippen LogP contribution in [0.4, 0.5) is 0 Å². The summed E-state index contributed by atoms with van der Waals surface area (Å²) in [5.41, 5.74) is 1.21. The molecule has 0 aliphatic carbocycles. The van der Waals surface area contributed by atoms with E-state index in [2.05, 4.69) is 26.7 Å². The predicted molar refractivity (Wildman–Crippen MR) is 97.5 cm³/mol. The Hall–Kier alpha value is -3.22. The van der Waals surface area contributed by atoms with Crippen molar-refractivity contribution in [3.8, 4) is 17.4 Å². The molecule has 0 spiro atoms. The first-order valence-corrected chi connectivity index (χ1v) is 8.49. The van der Waals surface area contributed by atoms with E-state index in [4.69, 9.17) is 4.74 Å². The molecule has 26 heavy (non-hydrogen) atoms. The molecule has 7 heteroatoms. The summed E-state index contributed by atoms with van der Waals surface area (Å²) >= 11 is 0. The van der Waals surface area contributed by atoms with Crippen molar-refractivity contribution in [1.82, 2.24) is 25.1 Å². The molecule has 1 amide bonds. The summed E-state index contributed by atoms with van der Waals surface area (Å²) in [6.07, 6.45) is 2.12. The third kappa shape index (κ3) is 3.03. The van der Waals surface area contributed by atoms with Gasteiger partial charge < -0.3 is 9.64 Å². The molecule has 3 heterocycles. The Bertz CT molecular complexity index is 967. The zero-order chi connectivity index (χ0) is 18.1. The third-order valence-corrected chi connectivity index (χ3v) is 4.44. The van der Waals surface area contributed by atoms with Crippen molar-refractivity contribution < 1.29 is 9.53 Å². The first-order chi connectivity index (χ1) is 12.6. The second kappa shape index (κ2) is 6.59. The van der Waals surface area contributed by atoms with E-state index in [1.165, 1.54) is 6.33 Å². The molecular weight excluding hydrogens is 330 g/mol. The van der Waals surface area contributed by atoms with Gasteiger partial charge in [-0.2, -0.15) is 5.10 Å². The Kier molecular flexibility index (Phi) is 4.12. The Morgan fingerprint density at radius 3 is 3.00 bits per heavy atom. The van der Waals surface area contributed by atoms with Gasteiger partial charge in [-0.05, 0) is 24.4 Å². The zero-order valence-corrected chi connectivity index (χ0v) is 14.5. The van der Waals surface area contributed by atoms with Crippen molar-refractivity contribution in [2.24, 2.45) is 0 Å². The summed E-state index contributed by atoms with van der Waals surface area (Å²) in [5.74, 6) is 1.11. The van der Waals surface area contributed by atoms with Gasteiger partial charge in [0.1, 0.15) is 18.1 Å². The SMILES string of the molecule is C=C(C)C(=O)N1CC[C@@H](Oc2nc(-c3ncn[nH]3)cc3ccccc23)C1. The number of hydrogen-bond donors (Lipinski definition) is 1. The number of likely N-dealkylation sites (tertiary alicyclic amines) is 1. The molecule has 1 fully saturated rings. The second-order valence-electron chi connectivity index (χ2n) is 6.43. The minimum absolute atomic E-state index is 0.0238. The first-order valence-electron chi connectivity index (χ1n) is 8.49. The predicted octanol–water partition coefficient (Wildman–Crippen LogP) is 2.58. The van der Waals surface area contributed by atoms with Crippen LogP contribution in [-0.4, -0.2) is 50.2 Å². The van der Waals surface area contributed by atoms with Crippen molar-refractivity contribution in [3.05, 3.63) is 48.8 Å². The third-order valence-electron chi connectivity index (χ3n) is 4.44. The highest BCUT2D eigenvalue weighted by molar-refractivity contribution is 5.92. The minimum Gasteiger partial charge on any atom is -0.472 e. The molecule has 1 aliphatic heterocycles.